The third-order valence-corrected chi connectivity index (χ3v) is 2.02. The summed E-state index contributed by atoms with van der Waals surface area (Å²) in [5.41, 5.74) is 0. The van der Waals surface area contributed by atoms with Crippen molar-refractivity contribution in [1.82, 2.24) is 10.2 Å². The predicted octanol–water partition coefficient (Wildman–Crippen LogP) is 0.119. The van der Waals surface area contributed by atoms with Crippen molar-refractivity contribution in [2.45, 2.75) is 25.8 Å². The van der Waals surface area contributed by atoms with Crippen molar-refractivity contribution in [3.63, 3.8) is 0 Å². The molecular weight excluding hydrogens is 238 g/mol. The lowest BCUT2D eigenvalue weighted by atomic mass is 10.2. The van der Waals surface area contributed by atoms with E-state index in [9.17, 15) is 18.4 Å². The Morgan fingerprint density at radius 2 is 2.00 bits per heavy atom. The lowest BCUT2D eigenvalue weighted by Gasteiger charge is -2.23. The summed E-state index contributed by atoms with van der Waals surface area (Å²) < 4.78 is 24.3. The summed E-state index contributed by atoms with van der Waals surface area (Å²) in [5.74, 6) is -1.23. The highest BCUT2D eigenvalue weighted by molar-refractivity contribution is 5.82. The van der Waals surface area contributed by atoms with Crippen molar-refractivity contribution >= 4 is 12.0 Å². The third-order valence-electron chi connectivity index (χ3n) is 2.02. The molecular formula is C9H16F2N2O4. The van der Waals surface area contributed by atoms with E-state index in [1.54, 1.807) is 6.92 Å². The van der Waals surface area contributed by atoms with Gasteiger partial charge >= 0.3 is 12.0 Å². The summed E-state index contributed by atoms with van der Waals surface area (Å²) in [7, 11) is 0. The van der Waals surface area contributed by atoms with Crippen LogP contribution < -0.4 is 5.32 Å². The van der Waals surface area contributed by atoms with E-state index in [1.165, 1.54) is 0 Å². The number of aliphatic hydroxyl groups is 1. The van der Waals surface area contributed by atoms with Gasteiger partial charge < -0.3 is 20.4 Å². The number of carbonyl (C=O) groups excluding carboxylic acids is 1. The van der Waals surface area contributed by atoms with Crippen LogP contribution in [0.4, 0.5) is 13.6 Å². The van der Waals surface area contributed by atoms with E-state index in [1.807, 2.05) is 0 Å². The highest BCUT2D eigenvalue weighted by atomic mass is 19.3. The van der Waals surface area contributed by atoms with Crippen LogP contribution in [0.5, 0.6) is 0 Å². The zero-order valence-corrected chi connectivity index (χ0v) is 9.40. The minimum Gasteiger partial charge on any atom is -0.480 e. The molecule has 6 nitrogen and oxygen atoms in total. The summed E-state index contributed by atoms with van der Waals surface area (Å²) in [5, 5.41) is 19.4. The Kier molecular flexibility index (Phi) is 7.11. The van der Waals surface area contributed by atoms with Gasteiger partial charge in [-0.05, 0) is 6.42 Å². The number of nitrogens with one attached hydrogen (secondary N) is 1. The van der Waals surface area contributed by atoms with Crippen molar-refractivity contribution < 1.29 is 28.6 Å². The zero-order chi connectivity index (χ0) is 13.4. The first-order chi connectivity index (χ1) is 7.92. The summed E-state index contributed by atoms with van der Waals surface area (Å²) in [6.07, 6.45) is -2.60. The van der Waals surface area contributed by atoms with Crippen LogP contribution in [0.25, 0.3) is 0 Å². The minimum atomic E-state index is -2.74. The molecule has 0 aromatic rings. The van der Waals surface area contributed by atoms with E-state index in [0.29, 0.717) is 4.90 Å². The van der Waals surface area contributed by atoms with Crippen LogP contribution in [0.3, 0.4) is 0 Å². The molecule has 0 radical (unpaired) electrons. The molecule has 0 aromatic carbocycles. The quantitative estimate of drug-likeness (QED) is 0.602. The SMILES string of the molecule is CC[C@@H](NC(=O)N(CCO)CC(F)F)C(=O)O. The second kappa shape index (κ2) is 7.77. The van der Waals surface area contributed by atoms with Crippen LogP contribution in [0.15, 0.2) is 0 Å². The molecule has 17 heavy (non-hydrogen) atoms. The van der Waals surface area contributed by atoms with Crippen molar-refractivity contribution in [2.75, 3.05) is 19.7 Å². The smallest absolute Gasteiger partial charge is 0.326 e. The minimum absolute atomic E-state index is 0.142. The maximum absolute atomic E-state index is 12.1. The number of hydrogen-bond donors (Lipinski definition) is 3. The van der Waals surface area contributed by atoms with Crippen LogP contribution in [-0.4, -0.2) is 59.3 Å². The molecule has 100 valence electrons. The fourth-order valence-corrected chi connectivity index (χ4v) is 1.14. The van der Waals surface area contributed by atoms with Crippen LogP contribution in [0, 0.1) is 0 Å². The fourth-order valence-electron chi connectivity index (χ4n) is 1.14. The zero-order valence-electron chi connectivity index (χ0n) is 9.40. The van der Waals surface area contributed by atoms with Crippen LogP contribution in [-0.2, 0) is 4.79 Å². The van der Waals surface area contributed by atoms with Gasteiger partial charge in [-0.2, -0.15) is 0 Å². The molecule has 0 saturated carbocycles. The van der Waals surface area contributed by atoms with Gasteiger partial charge in [0.05, 0.1) is 13.2 Å². The number of urea groups is 1. The number of alkyl halides is 2. The van der Waals surface area contributed by atoms with Crippen molar-refractivity contribution in [2.24, 2.45) is 0 Å². The van der Waals surface area contributed by atoms with Crippen LogP contribution in [0.2, 0.25) is 0 Å². The van der Waals surface area contributed by atoms with Gasteiger partial charge in [0.15, 0.2) is 0 Å². The highest BCUT2D eigenvalue weighted by Gasteiger charge is 2.23. The Morgan fingerprint density at radius 3 is 2.35 bits per heavy atom. The molecule has 0 spiro atoms. The van der Waals surface area contributed by atoms with Gasteiger partial charge in [0, 0.05) is 6.54 Å². The van der Waals surface area contributed by atoms with E-state index in [4.69, 9.17) is 10.2 Å². The van der Waals surface area contributed by atoms with Crippen LogP contribution >= 0.6 is 0 Å². The third kappa shape index (κ3) is 6.00. The van der Waals surface area contributed by atoms with Gasteiger partial charge in [-0.25, -0.2) is 18.4 Å². The normalized spacial score (nSPS) is 12.3. The molecule has 0 unspecified atom stereocenters. The van der Waals surface area contributed by atoms with E-state index < -0.39 is 37.6 Å². The number of hydrogen-bond acceptors (Lipinski definition) is 3. The number of halogens is 2. The molecule has 0 aliphatic carbocycles. The molecule has 0 aromatic heterocycles. The van der Waals surface area contributed by atoms with Crippen LogP contribution in [0.1, 0.15) is 13.3 Å². The van der Waals surface area contributed by atoms with Gasteiger partial charge in [-0.15, -0.1) is 0 Å². The highest BCUT2D eigenvalue weighted by Crippen LogP contribution is 2.00. The molecule has 2 amide bonds. The van der Waals surface area contributed by atoms with Gasteiger partial charge in [0.25, 0.3) is 6.43 Å². The monoisotopic (exact) mass is 254 g/mol. The van der Waals surface area contributed by atoms with Gasteiger partial charge in [-0.1, -0.05) is 6.92 Å². The topological polar surface area (TPSA) is 89.9 Å². The molecule has 0 heterocycles. The van der Waals surface area contributed by atoms with E-state index in [0.717, 1.165) is 0 Å². The second-order valence-corrected chi connectivity index (χ2v) is 3.31. The lowest BCUT2D eigenvalue weighted by Crippen LogP contribution is -2.49. The molecule has 0 aliphatic rings. The number of carboxylic acids is 1. The Labute approximate surface area is 97.2 Å². The molecule has 0 bridgehead atoms. The predicted molar refractivity (Wildman–Crippen MR) is 54.9 cm³/mol. The van der Waals surface area contributed by atoms with E-state index in [-0.39, 0.29) is 13.0 Å². The molecule has 1 atom stereocenters. The Balaban J connectivity index is 4.44. The average molecular weight is 254 g/mol. The molecule has 3 N–H and O–H groups in total. The summed E-state index contributed by atoms with van der Waals surface area (Å²) in [6, 6.07) is -2.05. The molecule has 0 aliphatic heterocycles. The largest absolute Gasteiger partial charge is 0.480 e. The first kappa shape index (κ1) is 15.6. The first-order valence-electron chi connectivity index (χ1n) is 5.09. The summed E-state index contributed by atoms with van der Waals surface area (Å²) in [4.78, 5) is 22.8. The van der Waals surface area contributed by atoms with Crippen molar-refractivity contribution in [3.05, 3.63) is 0 Å². The number of aliphatic carboxylic acids is 1. The van der Waals surface area contributed by atoms with E-state index >= 15 is 0 Å². The molecule has 0 saturated heterocycles. The summed E-state index contributed by atoms with van der Waals surface area (Å²) >= 11 is 0. The van der Waals surface area contributed by atoms with Crippen molar-refractivity contribution in [1.29, 1.82) is 0 Å². The van der Waals surface area contributed by atoms with Gasteiger partial charge in [-0.3, -0.25) is 0 Å². The summed E-state index contributed by atoms with van der Waals surface area (Å²) in [6.45, 7) is -0.0404. The number of amides is 2. The number of aliphatic hydroxyl groups excluding tert-OH is 1. The standard InChI is InChI=1S/C9H16F2N2O4/c1-2-6(8(15)16)12-9(17)13(3-4-14)5-7(10)11/h6-7,14H,2-5H2,1H3,(H,12,17)(H,15,16)/t6-/m1/s1. The maximum Gasteiger partial charge on any atom is 0.326 e. The van der Waals surface area contributed by atoms with E-state index in [2.05, 4.69) is 5.32 Å². The second-order valence-electron chi connectivity index (χ2n) is 3.31. The number of carboxylic acid groups (broad SMARTS) is 1. The Bertz CT molecular complexity index is 263. The van der Waals surface area contributed by atoms with Crippen molar-refractivity contribution in [3.8, 4) is 0 Å². The fraction of sp³-hybridized carbons (Fsp3) is 0.778. The lowest BCUT2D eigenvalue weighted by molar-refractivity contribution is -0.139. The maximum atomic E-state index is 12.1. The average Bonchev–Trinajstić information content (AvgIpc) is 2.23. The Morgan fingerprint density at radius 1 is 1.41 bits per heavy atom. The molecule has 8 heteroatoms. The molecule has 0 fully saturated rings. The molecule has 0 rings (SSSR count). The van der Waals surface area contributed by atoms with Gasteiger partial charge in [0.1, 0.15) is 6.04 Å². The number of nitrogens with zero attached hydrogens (tertiary/aromatic N) is 1. The Hall–Kier alpha value is -1.44. The van der Waals surface area contributed by atoms with Gasteiger partial charge in [0.2, 0.25) is 0 Å². The number of carbonyl (C=O) groups is 2. The first-order valence-corrected chi connectivity index (χ1v) is 5.09. The number of rotatable bonds is 7.